The van der Waals surface area contributed by atoms with E-state index in [2.05, 4.69) is 31.8 Å². The predicted molar refractivity (Wildman–Crippen MR) is 90.7 cm³/mol. The molecule has 1 aliphatic rings. The Labute approximate surface area is 138 Å². The number of carbonyl (C=O) groups excluding carboxylic acids is 1. The standard InChI is InChI=1S/C18H15N5O/c24-18(23-20-11-12-7-9-19-10-8-12)17-15-6-5-13-3-1-2-4-14(13)16(15)21-22-17/h1-4,7-11H,5-6H2,(H,21,22)(H,23,24)/b20-11+. The van der Waals surface area contributed by atoms with Crippen LogP contribution in [0.1, 0.15) is 27.2 Å². The number of amides is 1. The van der Waals surface area contributed by atoms with Crippen LogP contribution in [0.15, 0.2) is 53.9 Å². The van der Waals surface area contributed by atoms with Crippen LogP contribution in [0.4, 0.5) is 0 Å². The fourth-order valence-corrected chi connectivity index (χ4v) is 2.92. The van der Waals surface area contributed by atoms with Crippen molar-refractivity contribution in [2.75, 3.05) is 0 Å². The van der Waals surface area contributed by atoms with E-state index in [0.717, 1.165) is 35.2 Å². The molecule has 118 valence electrons. The summed E-state index contributed by atoms with van der Waals surface area (Å²) in [6.45, 7) is 0. The molecule has 24 heavy (non-hydrogen) atoms. The number of hydrogen-bond acceptors (Lipinski definition) is 4. The maximum Gasteiger partial charge on any atom is 0.289 e. The van der Waals surface area contributed by atoms with Gasteiger partial charge in [-0.05, 0) is 36.1 Å². The first kappa shape index (κ1) is 14.3. The van der Waals surface area contributed by atoms with E-state index in [4.69, 9.17) is 0 Å². The van der Waals surface area contributed by atoms with Gasteiger partial charge in [0.15, 0.2) is 0 Å². The number of H-pyrrole nitrogens is 1. The maximum atomic E-state index is 12.4. The van der Waals surface area contributed by atoms with Crippen LogP contribution in [-0.2, 0) is 12.8 Å². The van der Waals surface area contributed by atoms with Crippen molar-refractivity contribution in [1.82, 2.24) is 20.6 Å². The number of nitrogens with zero attached hydrogens (tertiary/aromatic N) is 3. The van der Waals surface area contributed by atoms with E-state index in [9.17, 15) is 4.79 Å². The van der Waals surface area contributed by atoms with Gasteiger partial charge in [0.1, 0.15) is 5.69 Å². The molecule has 6 heteroatoms. The number of nitrogens with one attached hydrogen (secondary N) is 2. The van der Waals surface area contributed by atoms with Crippen LogP contribution in [0, 0.1) is 0 Å². The van der Waals surface area contributed by atoms with Crippen LogP contribution in [-0.4, -0.2) is 27.3 Å². The summed E-state index contributed by atoms with van der Waals surface area (Å²) >= 11 is 0. The minimum atomic E-state index is -0.284. The molecule has 0 saturated carbocycles. The van der Waals surface area contributed by atoms with Gasteiger partial charge in [-0.1, -0.05) is 24.3 Å². The lowest BCUT2D eigenvalue weighted by molar-refractivity contribution is 0.0949. The highest BCUT2D eigenvalue weighted by Gasteiger charge is 2.24. The van der Waals surface area contributed by atoms with Crippen molar-refractivity contribution in [1.29, 1.82) is 0 Å². The Morgan fingerprint density at radius 2 is 2.00 bits per heavy atom. The number of carbonyl (C=O) groups is 1. The number of hydrogen-bond donors (Lipinski definition) is 2. The molecule has 6 nitrogen and oxygen atoms in total. The molecule has 2 aromatic heterocycles. The van der Waals surface area contributed by atoms with Gasteiger partial charge in [0.05, 0.1) is 11.9 Å². The number of fused-ring (bicyclic) bond motifs is 3. The largest absolute Gasteiger partial charge is 0.289 e. The average Bonchev–Trinajstić information content (AvgIpc) is 3.07. The van der Waals surface area contributed by atoms with Crippen molar-refractivity contribution in [3.63, 3.8) is 0 Å². The quantitative estimate of drug-likeness (QED) is 0.574. The van der Waals surface area contributed by atoms with Gasteiger partial charge in [-0.15, -0.1) is 0 Å². The van der Waals surface area contributed by atoms with Crippen molar-refractivity contribution in [2.24, 2.45) is 5.10 Å². The van der Waals surface area contributed by atoms with Crippen LogP contribution >= 0.6 is 0 Å². The van der Waals surface area contributed by atoms with Crippen LogP contribution in [0.3, 0.4) is 0 Å². The number of hydrazone groups is 1. The Hall–Kier alpha value is -3.28. The van der Waals surface area contributed by atoms with Crippen molar-refractivity contribution in [3.8, 4) is 11.3 Å². The first-order chi connectivity index (χ1) is 11.8. The number of aryl methyl sites for hydroxylation is 1. The summed E-state index contributed by atoms with van der Waals surface area (Å²) in [5.74, 6) is -0.284. The molecular formula is C18H15N5O. The number of benzene rings is 1. The number of aromatic nitrogens is 3. The highest BCUT2D eigenvalue weighted by molar-refractivity contribution is 5.96. The van der Waals surface area contributed by atoms with Crippen molar-refractivity contribution < 1.29 is 4.79 Å². The first-order valence-corrected chi connectivity index (χ1v) is 7.72. The summed E-state index contributed by atoms with van der Waals surface area (Å²) in [7, 11) is 0. The van der Waals surface area contributed by atoms with Crippen LogP contribution in [0.5, 0.6) is 0 Å². The second-order valence-electron chi connectivity index (χ2n) is 5.56. The van der Waals surface area contributed by atoms with Gasteiger partial charge >= 0.3 is 0 Å². The second-order valence-corrected chi connectivity index (χ2v) is 5.56. The highest BCUT2D eigenvalue weighted by Crippen LogP contribution is 2.33. The average molecular weight is 317 g/mol. The van der Waals surface area contributed by atoms with E-state index in [-0.39, 0.29) is 5.91 Å². The van der Waals surface area contributed by atoms with Gasteiger partial charge in [0.25, 0.3) is 5.91 Å². The summed E-state index contributed by atoms with van der Waals surface area (Å²) in [6.07, 6.45) is 6.62. The summed E-state index contributed by atoms with van der Waals surface area (Å²) in [4.78, 5) is 16.3. The van der Waals surface area contributed by atoms with Crippen molar-refractivity contribution >= 4 is 12.1 Å². The molecule has 1 amide bonds. The Kier molecular flexibility index (Phi) is 3.63. The third kappa shape index (κ3) is 2.58. The Morgan fingerprint density at radius 3 is 2.88 bits per heavy atom. The van der Waals surface area contributed by atoms with E-state index in [1.54, 1.807) is 18.6 Å². The Morgan fingerprint density at radius 1 is 1.17 bits per heavy atom. The van der Waals surface area contributed by atoms with E-state index >= 15 is 0 Å². The van der Waals surface area contributed by atoms with Gasteiger partial charge in [0, 0.05) is 23.5 Å². The molecule has 1 aromatic carbocycles. The normalized spacial score (nSPS) is 12.7. The molecule has 0 aliphatic heterocycles. The SMILES string of the molecule is O=C(N/N=C/c1ccncc1)c1[nH]nc2c1CCc1ccccc1-2. The lowest BCUT2D eigenvalue weighted by Crippen LogP contribution is -2.20. The fourth-order valence-electron chi connectivity index (χ4n) is 2.92. The molecule has 0 bridgehead atoms. The van der Waals surface area contributed by atoms with Gasteiger partial charge in [-0.2, -0.15) is 10.2 Å². The molecule has 0 spiro atoms. The summed E-state index contributed by atoms with van der Waals surface area (Å²) in [5.41, 5.74) is 8.06. The molecule has 3 aromatic rings. The minimum Gasteiger partial charge on any atom is -0.272 e. The van der Waals surface area contributed by atoms with Gasteiger partial charge in [-0.25, -0.2) is 5.43 Å². The van der Waals surface area contributed by atoms with Gasteiger partial charge in [-0.3, -0.25) is 14.9 Å². The van der Waals surface area contributed by atoms with Crippen molar-refractivity contribution in [3.05, 3.63) is 71.2 Å². The van der Waals surface area contributed by atoms with Crippen LogP contribution in [0.25, 0.3) is 11.3 Å². The zero-order chi connectivity index (χ0) is 16.4. The zero-order valence-corrected chi connectivity index (χ0v) is 12.9. The van der Waals surface area contributed by atoms with E-state index in [0.29, 0.717) is 5.69 Å². The lowest BCUT2D eigenvalue weighted by atomic mass is 9.89. The molecule has 0 atom stereocenters. The molecule has 0 radical (unpaired) electrons. The first-order valence-electron chi connectivity index (χ1n) is 7.72. The maximum absolute atomic E-state index is 12.4. The molecule has 4 rings (SSSR count). The Balaban J connectivity index is 1.55. The van der Waals surface area contributed by atoms with Crippen molar-refractivity contribution in [2.45, 2.75) is 12.8 Å². The molecule has 0 unspecified atom stereocenters. The smallest absolute Gasteiger partial charge is 0.272 e. The van der Waals surface area contributed by atoms with E-state index < -0.39 is 0 Å². The second kappa shape index (κ2) is 6.08. The number of pyridine rings is 1. The molecular weight excluding hydrogens is 302 g/mol. The summed E-state index contributed by atoms with van der Waals surface area (Å²) < 4.78 is 0. The molecule has 0 saturated heterocycles. The molecule has 2 heterocycles. The zero-order valence-electron chi connectivity index (χ0n) is 12.9. The van der Waals surface area contributed by atoms with Gasteiger partial charge < -0.3 is 0 Å². The third-order valence-electron chi connectivity index (χ3n) is 4.10. The molecule has 1 aliphatic carbocycles. The molecule has 0 fully saturated rings. The third-order valence-corrected chi connectivity index (χ3v) is 4.10. The highest BCUT2D eigenvalue weighted by atomic mass is 16.2. The van der Waals surface area contributed by atoms with E-state index in [1.807, 2.05) is 30.3 Å². The number of rotatable bonds is 3. The predicted octanol–water partition coefficient (Wildman–Crippen LogP) is 2.33. The summed E-state index contributed by atoms with van der Waals surface area (Å²) in [6, 6.07) is 11.8. The fraction of sp³-hybridized carbons (Fsp3) is 0.111. The van der Waals surface area contributed by atoms with E-state index in [1.165, 1.54) is 5.56 Å². The van der Waals surface area contributed by atoms with Gasteiger partial charge in [0.2, 0.25) is 0 Å². The topological polar surface area (TPSA) is 83.0 Å². The minimum absolute atomic E-state index is 0.284. The van der Waals surface area contributed by atoms with Crippen LogP contribution in [0.2, 0.25) is 0 Å². The summed E-state index contributed by atoms with van der Waals surface area (Å²) in [5, 5.41) is 11.2. The Bertz CT molecular complexity index is 914. The lowest BCUT2D eigenvalue weighted by Gasteiger charge is -2.15. The molecule has 2 N–H and O–H groups in total. The monoisotopic (exact) mass is 317 g/mol. The number of aromatic amines is 1. The van der Waals surface area contributed by atoms with Crippen LogP contribution < -0.4 is 5.43 Å².